The Morgan fingerprint density at radius 2 is 2.22 bits per heavy atom. The summed E-state index contributed by atoms with van der Waals surface area (Å²) in [4.78, 5) is 11.7. The number of amides is 1. The van der Waals surface area contributed by atoms with Crippen LogP contribution in [0.15, 0.2) is 36.4 Å². The van der Waals surface area contributed by atoms with E-state index in [9.17, 15) is 4.79 Å². The Hall–Kier alpha value is -1.61. The number of nitrogens with one attached hydrogen (secondary N) is 1. The average molecular weight is 245 g/mol. The molecule has 0 radical (unpaired) electrons. The molecule has 96 valence electrons. The topological polar surface area (TPSA) is 49.3 Å². The second kappa shape index (κ2) is 6.36. The Kier molecular flexibility index (Phi) is 4.53. The minimum Gasteiger partial charge on any atom is -0.392 e. The van der Waals surface area contributed by atoms with Crippen molar-refractivity contribution in [1.82, 2.24) is 5.32 Å². The van der Waals surface area contributed by atoms with Gasteiger partial charge in [0.25, 0.3) is 0 Å². The van der Waals surface area contributed by atoms with Gasteiger partial charge in [0.2, 0.25) is 5.91 Å². The van der Waals surface area contributed by atoms with Gasteiger partial charge in [-0.3, -0.25) is 4.79 Å². The van der Waals surface area contributed by atoms with Gasteiger partial charge in [-0.2, -0.15) is 0 Å². The summed E-state index contributed by atoms with van der Waals surface area (Å²) in [5.74, 6) is 0.509. The Bertz CT molecular complexity index is 440. The van der Waals surface area contributed by atoms with E-state index in [4.69, 9.17) is 5.11 Å². The van der Waals surface area contributed by atoms with Crippen LogP contribution in [-0.4, -0.2) is 11.0 Å². The Labute approximate surface area is 108 Å². The zero-order valence-electron chi connectivity index (χ0n) is 10.4. The summed E-state index contributed by atoms with van der Waals surface area (Å²) in [6.45, 7) is 0.567. The van der Waals surface area contributed by atoms with Crippen LogP contribution in [0.3, 0.4) is 0 Å². The molecule has 0 aromatic heterocycles. The van der Waals surface area contributed by atoms with Gasteiger partial charge in [0.15, 0.2) is 0 Å². The molecule has 1 aromatic carbocycles. The van der Waals surface area contributed by atoms with E-state index in [1.807, 2.05) is 24.3 Å². The Balaban J connectivity index is 1.79. The van der Waals surface area contributed by atoms with E-state index in [0.29, 0.717) is 18.9 Å². The van der Waals surface area contributed by atoms with Gasteiger partial charge in [-0.1, -0.05) is 36.4 Å². The number of carbonyl (C=O) groups is 1. The molecule has 1 unspecified atom stereocenters. The molecule has 2 rings (SSSR count). The first-order valence-corrected chi connectivity index (χ1v) is 6.40. The van der Waals surface area contributed by atoms with Crippen molar-refractivity contribution in [1.29, 1.82) is 0 Å². The predicted octanol–water partition coefficient (Wildman–Crippen LogP) is 2.15. The van der Waals surface area contributed by atoms with Crippen LogP contribution < -0.4 is 5.32 Å². The fraction of sp³-hybridized carbons (Fsp3) is 0.400. The summed E-state index contributed by atoms with van der Waals surface area (Å²) in [6.07, 6.45) is 7.04. The number of hydrogen-bond donors (Lipinski definition) is 2. The first-order chi connectivity index (χ1) is 8.78. The van der Waals surface area contributed by atoms with E-state index >= 15 is 0 Å². The molecular formula is C15H19NO2. The quantitative estimate of drug-likeness (QED) is 0.781. The van der Waals surface area contributed by atoms with Gasteiger partial charge in [-0.25, -0.2) is 0 Å². The van der Waals surface area contributed by atoms with Crippen LogP contribution in [0.25, 0.3) is 0 Å². The molecule has 0 saturated carbocycles. The maximum absolute atomic E-state index is 11.7. The van der Waals surface area contributed by atoms with E-state index in [2.05, 4.69) is 17.5 Å². The smallest absolute Gasteiger partial charge is 0.220 e. The highest BCUT2D eigenvalue weighted by atomic mass is 16.3. The molecule has 1 aliphatic carbocycles. The molecule has 1 atom stereocenters. The van der Waals surface area contributed by atoms with Crippen LogP contribution in [0.1, 0.15) is 30.4 Å². The van der Waals surface area contributed by atoms with E-state index in [1.165, 1.54) is 0 Å². The molecule has 3 nitrogen and oxygen atoms in total. The summed E-state index contributed by atoms with van der Waals surface area (Å²) in [6, 6.07) is 7.63. The van der Waals surface area contributed by atoms with Crippen molar-refractivity contribution in [3.8, 4) is 0 Å². The second-order valence-electron chi connectivity index (χ2n) is 4.72. The van der Waals surface area contributed by atoms with Crippen LogP contribution >= 0.6 is 0 Å². The molecule has 1 amide bonds. The van der Waals surface area contributed by atoms with Crippen molar-refractivity contribution in [2.24, 2.45) is 5.92 Å². The van der Waals surface area contributed by atoms with E-state index in [-0.39, 0.29) is 12.5 Å². The molecule has 1 aromatic rings. The highest BCUT2D eigenvalue weighted by molar-refractivity contribution is 5.76. The van der Waals surface area contributed by atoms with Crippen LogP contribution in [0, 0.1) is 5.92 Å². The van der Waals surface area contributed by atoms with E-state index < -0.39 is 0 Å². The molecule has 0 bridgehead atoms. The number of carbonyl (C=O) groups excluding carboxylic acids is 1. The number of rotatable bonds is 5. The zero-order chi connectivity index (χ0) is 12.8. The minimum atomic E-state index is 0.0364. The average Bonchev–Trinajstić information content (AvgIpc) is 2.89. The molecule has 1 aliphatic rings. The molecule has 0 saturated heterocycles. The van der Waals surface area contributed by atoms with Crippen molar-refractivity contribution in [2.45, 2.75) is 32.4 Å². The van der Waals surface area contributed by atoms with Gasteiger partial charge in [0, 0.05) is 13.0 Å². The molecule has 3 heteroatoms. The highest BCUT2D eigenvalue weighted by Gasteiger charge is 2.13. The largest absolute Gasteiger partial charge is 0.392 e. The molecule has 18 heavy (non-hydrogen) atoms. The van der Waals surface area contributed by atoms with Crippen LogP contribution in [-0.2, 0) is 17.9 Å². The molecule has 0 heterocycles. The number of allylic oxidation sites excluding steroid dienone is 2. The number of benzene rings is 1. The van der Waals surface area contributed by atoms with E-state index in [1.54, 1.807) is 0 Å². The fourth-order valence-corrected chi connectivity index (χ4v) is 2.21. The Morgan fingerprint density at radius 1 is 1.39 bits per heavy atom. The molecule has 0 spiro atoms. The second-order valence-corrected chi connectivity index (χ2v) is 4.72. The first-order valence-electron chi connectivity index (χ1n) is 6.40. The van der Waals surface area contributed by atoms with Crippen LogP contribution in [0.2, 0.25) is 0 Å². The monoisotopic (exact) mass is 245 g/mol. The van der Waals surface area contributed by atoms with Crippen molar-refractivity contribution >= 4 is 5.91 Å². The Morgan fingerprint density at radius 3 is 2.94 bits per heavy atom. The van der Waals surface area contributed by atoms with Gasteiger partial charge < -0.3 is 10.4 Å². The predicted molar refractivity (Wildman–Crippen MR) is 70.7 cm³/mol. The SMILES string of the molecule is O=C(CC1C=CCC1)NCc1cccc(CO)c1. The van der Waals surface area contributed by atoms with Gasteiger partial charge in [-0.15, -0.1) is 0 Å². The summed E-state index contributed by atoms with van der Waals surface area (Å²) in [5.41, 5.74) is 1.90. The van der Waals surface area contributed by atoms with Gasteiger partial charge in [-0.05, 0) is 29.9 Å². The zero-order valence-corrected chi connectivity index (χ0v) is 10.4. The molecule has 2 N–H and O–H groups in total. The third kappa shape index (κ3) is 3.70. The van der Waals surface area contributed by atoms with Crippen molar-refractivity contribution in [3.63, 3.8) is 0 Å². The molecular weight excluding hydrogens is 226 g/mol. The molecule has 0 fully saturated rings. The third-order valence-corrected chi connectivity index (χ3v) is 3.22. The first kappa shape index (κ1) is 12.8. The maximum atomic E-state index is 11.7. The number of hydrogen-bond acceptors (Lipinski definition) is 2. The summed E-state index contributed by atoms with van der Waals surface area (Å²) < 4.78 is 0. The lowest BCUT2D eigenvalue weighted by Gasteiger charge is -2.09. The highest BCUT2D eigenvalue weighted by Crippen LogP contribution is 2.20. The summed E-state index contributed by atoms with van der Waals surface area (Å²) in [7, 11) is 0. The van der Waals surface area contributed by atoms with Crippen molar-refractivity contribution < 1.29 is 9.90 Å². The summed E-state index contributed by atoms with van der Waals surface area (Å²) in [5, 5.41) is 12.0. The van der Waals surface area contributed by atoms with Gasteiger partial charge in [0.05, 0.1) is 6.61 Å². The van der Waals surface area contributed by atoms with Crippen LogP contribution in [0.5, 0.6) is 0 Å². The van der Waals surface area contributed by atoms with Gasteiger partial charge in [0.1, 0.15) is 0 Å². The van der Waals surface area contributed by atoms with Gasteiger partial charge >= 0.3 is 0 Å². The number of aliphatic hydroxyl groups is 1. The fourth-order valence-electron chi connectivity index (χ4n) is 2.21. The number of aliphatic hydroxyl groups excluding tert-OH is 1. The molecule has 0 aliphatic heterocycles. The van der Waals surface area contributed by atoms with Crippen LogP contribution in [0.4, 0.5) is 0 Å². The summed E-state index contributed by atoms with van der Waals surface area (Å²) >= 11 is 0. The van der Waals surface area contributed by atoms with Crippen molar-refractivity contribution in [2.75, 3.05) is 0 Å². The standard InChI is InChI=1S/C15H19NO2/c17-11-14-7-3-6-13(8-14)10-16-15(18)9-12-4-1-2-5-12/h1,3-4,6-8,12,17H,2,5,9-11H2,(H,16,18). The third-order valence-electron chi connectivity index (χ3n) is 3.22. The van der Waals surface area contributed by atoms with E-state index in [0.717, 1.165) is 24.0 Å². The normalized spacial score (nSPS) is 17.9. The van der Waals surface area contributed by atoms with Crippen molar-refractivity contribution in [3.05, 3.63) is 47.5 Å². The maximum Gasteiger partial charge on any atom is 0.220 e. The lowest BCUT2D eigenvalue weighted by molar-refractivity contribution is -0.121. The minimum absolute atomic E-state index is 0.0364. The lowest BCUT2D eigenvalue weighted by Crippen LogP contribution is -2.24. The lowest BCUT2D eigenvalue weighted by atomic mass is 10.0.